The molecule has 2 N–H and O–H groups in total. The van der Waals surface area contributed by atoms with E-state index >= 15 is 0 Å². The molecule has 2 amide bonds. The molecule has 1 heterocycles. The molecule has 0 saturated carbocycles. The van der Waals surface area contributed by atoms with Gasteiger partial charge in [0.05, 0.1) is 29.5 Å². The molecule has 1 aliphatic rings. The van der Waals surface area contributed by atoms with Gasteiger partial charge in [0.15, 0.2) is 0 Å². The Morgan fingerprint density at radius 2 is 2.03 bits per heavy atom. The first kappa shape index (κ1) is 23.3. The maximum atomic E-state index is 13.3. The number of carbonyl (C=O) groups is 3. The van der Waals surface area contributed by atoms with Gasteiger partial charge in [0.25, 0.3) is 0 Å². The molecule has 0 radical (unpaired) electrons. The predicted molar refractivity (Wildman–Crippen MR) is 118 cm³/mol. The van der Waals surface area contributed by atoms with E-state index in [9.17, 15) is 24.0 Å². The zero-order valence-corrected chi connectivity index (χ0v) is 18.3. The third kappa shape index (κ3) is 5.10. The van der Waals surface area contributed by atoms with Crippen LogP contribution in [0.3, 0.4) is 0 Å². The number of methoxy groups -OCH3 is 1. The van der Waals surface area contributed by atoms with Crippen LogP contribution in [0.5, 0.6) is 0 Å². The number of rotatable bonds is 6. The molecule has 1 aliphatic heterocycles. The number of nitrogens with zero attached hydrogens (tertiary/aromatic N) is 1. The summed E-state index contributed by atoms with van der Waals surface area (Å²) in [6.45, 7) is 0. The number of thioether (sulfide) groups is 1. The van der Waals surface area contributed by atoms with Gasteiger partial charge < -0.3 is 15.4 Å². The molecule has 0 spiro atoms. The Morgan fingerprint density at radius 3 is 2.69 bits per heavy atom. The molecule has 0 unspecified atom stereocenters. The van der Waals surface area contributed by atoms with Crippen LogP contribution in [0.15, 0.2) is 59.1 Å². The molecule has 164 valence electrons. The Kier molecular flexibility index (Phi) is 7.51. The van der Waals surface area contributed by atoms with Crippen molar-refractivity contribution in [2.75, 3.05) is 18.2 Å². The molecular weight excluding hydrogens is 457 g/mol. The number of hydrogen-bond donors (Lipinski definition) is 2. The Morgan fingerprint density at radius 1 is 1.28 bits per heavy atom. The van der Waals surface area contributed by atoms with Gasteiger partial charge in [0.2, 0.25) is 11.8 Å². The van der Waals surface area contributed by atoms with Crippen molar-refractivity contribution in [3.8, 4) is 6.07 Å². The third-order valence-electron chi connectivity index (χ3n) is 4.68. The highest BCUT2D eigenvalue weighted by molar-refractivity contribution is 8.03. The normalized spacial score (nSPS) is 17.9. The molecule has 2 aromatic carbocycles. The van der Waals surface area contributed by atoms with Crippen molar-refractivity contribution >= 4 is 46.8 Å². The molecule has 0 fully saturated rings. The van der Waals surface area contributed by atoms with Crippen molar-refractivity contribution in [2.24, 2.45) is 5.92 Å². The Bertz CT molecular complexity index is 1150. The number of anilines is 1. The summed E-state index contributed by atoms with van der Waals surface area (Å²) in [6, 6.07) is 14.0. The van der Waals surface area contributed by atoms with E-state index in [0.717, 1.165) is 18.9 Å². The second kappa shape index (κ2) is 10.3. The Hall–Kier alpha value is -3.35. The monoisotopic (exact) mass is 473 g/mol. The van der Waals surface area contributed by atoms with Gasteiger partial charge in [0.1, 0.15) is 11.7 Å². The van der Waals surface area contributed by atoms with Crippen LogP contribution in [0.2, 0.25) is 5.02 Å². The van der Waals surface area contributed by atoms with E-state index in [1.807, 2.05) is 6.07 Å². The van der Waals surface area contributed by atoms with Crippen molar-refractivity contribution in [1.82, 2.24) is 5.32 Å². The summed E-state index contributed by atoms with van der Waals surface area (Å²) in [5, 5.41) is 15.3. The molecule has 0 aliphatic carbocycles. The topological polar surface area (TPSA) is 108 Å². The number of esters is 1. The average Bonchev–Trinajstić information content (AvgIpc) is 2.77. The SMILES string of the molecule is COC(=O)[C@@H]1C(=O)NC(SCC(=O)Nc2cccc(F)c2)=C(C#N)[C@H]1c1ccccc1Cl. The molecule has 0 bridgehead atoms. The standard InChI is InChI=1S/C22H17ClFN3O4S/c1-31-22(30)19-18(14-7-2-3-8-16(14)23)15(10-25)21(27-20(19)29)32-11-17(28)26-13-6-4-5-12(24)9-13/h2-9,18-19H,11H2,1H3,(H,26,28)(H,27,29)/t18-,19+/m1/s1. The minimum absolute atomic E-state index is 0.0802. The summed E-state index contributed by atoms with van der Waals surface area (Å²) in [5.74, 6) is -4.93. The number of allylic oxidation sites excluding steroid dienone is 1. The minimum Gasteiger partial charge on any atom is -0.468 e. The lowest BCUT2D eigenvalue weighted by molar-refractivity contribution is -0.150. The lowest BCUT2D eigenvalue weighted by Crippen LogP contribution is -2.44. The summed E-state index contributed by atoms with van der Waals surface area (Å²) in [5.41, 5.74) is 0.771. The van der Waals surface area contributed by atoms with Crippen LogP contribution in [0, 0.1) is 23.1 Å². The van der Waals surface area contributed by atoms with E-state index in [-0.39, 0.29) is 27.1 Å². The maximum Gasteiger partial charge on any atom is 0.319 e. The first-order valence-electron chi connectivity index (χ1n) is 9.31. The number of nitriles is 1. The molecule has 3 rings (SSSR count). The van der Waals surface area contributed by atoms with Gasteiger partial charge in [-0.25, -0.2) is 4.39 Å². The number of carbonyl (C=O) groups excluding carboxylic acids is 3. The molecule has 0 aromatic heterocycles. The second-order valence-corrected chi connectivity index (χ2v) is 8.08. The number of amides is 2. The van der Waals surface area contributed by atoms with Crippen LogP contribution in [-0.2, 0) is 19.1 Å². The van der Waals surface area contributed by atoms with Gasteiger partial charge in [-0.05, 0) is 29.8 Å². The van der Waals surface area contributed by atoms with Crippen molar-refractivity contribution < 1.29 is 23.5 Å². The maximum absolute atomic E-state index is 13.3. The van der Waals surface area contributed by atoms with Crippen LogP contribution >= 0.6 is 23.4 Å². The van der Waals surface area contributed by atoms with E-state index in [0.29, 0.717) is 5.56 Å². The fourth-order valence-corrected chi connectivity index (χ4v) is 4.39. The summed E-state index contributed by atoms with van der Waals surface area (Å²) >= 11 is 7.22. The number of hydrogen-bond acceptors (Lipinski definition) is 6. The summed E-state index contributed by atoms with van der Waals surface area (Å²) in [7, 11) is 1.15. The number of nitrogens with one attached hydrogen (secondary N) is 2. The first-order chi connectivity index (χ1) is 15.3. The van der Waals surface area contributed by atoms with Crippen molar-refractivity contribution in [2.45, 2.75) is 5.92 Å². The minimum atomic E-state index is -1.32. The van der Waals surface area contributed by atoms with E-state index in [4.69, 9.17) is 16.3 Å². The lowest BCUT2D eigenvalue weighted by Gasteiger charge is -2.31. The van der Waals surface area contributed by atoms with Crippen LogP contribution in [0.4, 0.5) is 10.1 Å². The van der Waals surface area contributed by atoms with Gasteiger partial charge >= 0.3 is 5.97 Å². The van der Waals surface area contributed by atoms with E-state index in [1.54, 1.807) is 24.3 Å². The fourth-order valence-electron chi connectivity index (χ4n) is 3.28. The smallest absolute Gasteiger partial charge is 0.319 e. The lowest BCUT2D eigenvalue weighted by atomic mass is 9.78. The van der Waals surface area contributed by atoms with Gasteiger partial charge in [-0.2, -0.15) is 5.26 Å². The largest absolute Gasteiger partial charge is 0.468 e. The summed E-state index contributed by atoms with van der Waals surface area (Å²) in [6.07, 6.45) is 0. The van der Waals surface area contributed by atoms with Gasteiger partial charge in [-0.3, -0.25) is 14.4 Å². The van der Waals surface area contributed by atoms with Crippen LogP contribution < -0.4 is 10.6 Å². The average molecular weight is 474 g/mol. The van der Waals surface area contributed by atoms with Crippen molar-refractivity contribution in [1.29, 1.82) is 5.26 Å². The Labute approximate surface area is 192 Å². The first-order valence-corrected chi connectivity index (χ1v) is 10.7. The van der Waals surface area contributed by atoms with Gasteiger partial charge in [-0.15, -0.1) is 0 Å². The zero-order valence-electron chi connectivity index (χ0n) is 16.7. The van der Waals surface area contributed by atoms with Crippen LogP contribution in [0.1, 0.15) is 11.5 Å². The summed E-state index contributed by atoms with van der Waals surface area (Å²) in [4.78, 5) is 37.5. The highest BCUT2D eigenvalue weighted by atomic mass is 35.5. The molecule has 32 heavy (non-hydrogen) atoms. The van der Waals surface area contributed by atoms with Gasteiger partial charge in [0, 0.05) is 16.6 Å². The van der Waals surface area contributed by atoms with Crippen LogP contribution in [0.25, 0.3) is 0 Å². The third-order valence-corrected chi connectivity index (χ3v) is 6.04. The molecule has 2 aromatic rings. The van der Waals surface area contributed by atoms with Crippen molar-refractivity contribution in [3.05, 3.63) is 75.5 Å². The molecule has 7 nitrogen and oxygen atoms in total. The van der Waals surface area contributed by atoms with Gasteiger partial charge in [-0.1, -0.05) is 47.6 Å². The van der Waals surface area contributed by atoms with E-state index < -0.39 is 35.4 Å². The molecule has 2 atom stereocenters. The molecule has 0 saturated heterocycles. The second-order valence-electron chi connectivity index (χ2n) is 6.69. The quantitative estimate of drug-likeness (QED) is 0.490. The number of benzene rings is 2. The summed E-state index contributed by atoms with van der Waals surface area (Å²) < 4.78 is 18.1. The molecule has 10 heteroatoms. The van der Waals surface area contributed by atoms with E-state index in [2.05, 4.69) is 10.6 Å². The number of ether oxygens (including phenoxy) is 1. The van der Waals surface area contributed by atoms with Crippen LogP contribution in [-0.4, -0.2) is 30.6 Å². The fraction of sp³-hybridized carbons (Fsp3) is 0.182. The van der Waals surface area contributed by atoms with Crippen molar-refractivity contribution in [3.63, 3.8) is 0 Å². The highest BCUT2D eigenvalue weighted by Crippen LogP contribution is 2.42. The number of halogens is 2. The zero-order chi connectivity index (χ0) is 23.3. The predicted octanol–water partition coefficient (Wildman–Crippen LogP) is 3.59. The Balaban J connectivity index is 1.91. The van der Waals surface area contributed by atoms with E-state index in [1.165, 1.54) is 24.3 Å². The molecular formula is C22H17ClFN3O4S. The highest BCUT2D eigenvalue weighted by Gasteiger charge is 2.45.